The van der Waals surface area contributed by atoms with Gasteiger partial charge in [0.15, 0.2) is 11.4 Å². The van der Waals surface area contributed by atoms with E-state index < -0.39 is 42.4 Å². The maximum Gasteiger partial charge on any atom is 0.300 e. The van der Waals surface area contributed by atoms with E-state index in [9.17, 15) is 40.5 Å². The average Bonchev–Trinajstić information content (AvgIpc) is 2.90. The van der Waals surface area contributed by atoms with Gasteiger partial charge in [0, 0.05) is 60.2 Å². The zero-order valence-corrected chi connectivity index (χ0v) is 24.4. The van der Waals surface area contributed by atoms with Gasteiger partial charge in [-0.2, -0.15) is 0 Å². The third-order valence-corrected chi connectivity index (χ3v) is 8.06. The molecule has 2 aromatic carbocycles. The van der Waals surface area contributed by atoms with Crippen molar-refractivity contribution in [3.63, 3.8) is 0 Å². The molecule has 0 aromatic heterocycles. The number of benzene rings is 2. The van der Waals surface area contributed by atoms with E-state index >= 15 is 0 Å². The molecule has 0 aliphatic rings. The van der Waals surface area contributed by atoms with Gasteiger partial charge in [0.05, 0.1) is 19.7 Å². The molecule has 0 spiro atoms. The summed E-state index contributed by atoms with van der Waals surface area (Å²) in [7, 11) is 1.78. The third kappa shape index (κ3) is 7.94. The summed E-state index contributed by atoms with van der Waals surface area (Å²) in [4.78, 5) is 48.8. The molecule has 0 saturated carbocycles. The molecule has 0 saturated heterocycles. The Morgan fingerprint density at radius 3 is 0.925 bits per heavy atom. The zero-order valence-electron chi connectivity index (χ0n) is 22.7. The average molecular weight is 597 g/mol. The van der Waals surface area contributed by atoms with Gasteiger partial charge in [0.1, 0.15) is 0 Å². The van der Waals surface area contributed by atoms with E-state index in [1.807, 2.05) is 27.7 Å². The zero-order chi connectivity index (χ0) is 30.0. The second kappa shape index (κ2) is 15.2. The predicted octanol–water partition coefficient (Wildman–Crippen LogP) is 7.37. The highest BCUT2D eigenvalue weighted by Crippen LogP contribution is 2.48. The van der Waals surface area contributed by atoms with Gasteiger partial charge in [-0.3, -0.25) is 40.5 Å². The van der Waals surface area contributed by atoms with Gasteiger partial charge in [0.2, 0.25) is 0 Å². The summed E-state index contributed by atoms with van der Waals surface area (Å²) in [5, 5.41) is 47.9. The highest BCUT2D eigenvalue weighted by Gasteiger charge is 2.33. The molecule has 0 aliphatic carbocycles. The molecule has 0 unspecified atom stereocenters. The number of nitro groups is 4. The van der Waals surface area contributed by atoms with E-state index in [0.717, 1.165) is 21.6 Å². The first-order chi connectivity index (χ1) is 19.0. The third-order valence-electron chi connectivity index (χ3n) is 5.71. The van der Waals surface area contributed by atoms with Crippen LogP contribution in [0.15, 0.2) is 34.1 Å². The van der Waals surface area contributed by atoms with Crippen molar-refractivity contribution >= 4 is 55.7 Å². The highest BCUT2D eigenvalue weighted by molar-refractivity contribution is 8.76. The summed E-state index contributed by atoms with van der Waals surface area (Å²) in [5.74, 6) is 0. The van der Waals surface area contributed by atoms with E-state index in [1.165, 1.54) is 24.3 Å². The largest absolute Gasteiger partial charge is 0.360 e. The lowest BCUT2D eigenvalue weighted by molar-refractivity contribution is -0.393. The molecule has 218 valence electrons. The number of nitro benzene ring substituents is 4. The Morgan fingerprint density at radius 1 is 0.525 bits per heavy atom. The van der Waals surface area contributed by atoms with Crippen LogP contribution in [0.1, 0.15) is 53.4 Å². The van der Waals surface area contributed by atoms with Crippen LogP contribution in [0.4, 0.5) is 34.1 Å². The maximum atomic E-state index is 12.0. The monoisotopic (exact) mass is 596 g/mol. The fourth-order valence-corrected chi connectivity index (χ4v) is 6.29. The Hall–Kier alpha value is -3.66. The Labute approximate surface area is 239 Å². The van der Waals surface area contributed by atoms with Crippen LogP contribution < -0.4 is 9.80 Å². The minimum atomic E-state index is -0.671. The molecule has 0 heterocycles. The lowest BCUT2D eigenvalue weighted by atomic mass is 10.2. The van der Waals surface area contributed by atoms with Crippen molar-refractivity contribution in [2.75, 3.05) is 36.0 Å². The topological polar surface area (TPSA) is 179 Å². The first-order valence-corrected chi connectivity index (χ1v) is 14.9. The van der Waals surface area contributed by atoms with Crippen LogP contribution in [0.2, 0.25) is 0 Å². The predicted molar refractivity (Wildman–Crippen MR) is 157 cm³/mol. The van der Waals surface area contributed by atoms with Crippen molar-refractivity contribution in [2.24, 2.45) is 0 Å². The minimum Gasteiger partial charge on any atom is -0.360 e. The molecule has 0 N–H and O–H groups in total. The fraction of sp³-hybridized carbons (Fsp3) is 0.500. The molecule has 0 amide bonds. The Kier molecular flexibility index (Phi) is 12.4. The SMILES string of the molecule is CCCN(CCC)c1c([N+](=O)[O-])cc(SSc2cc([N+](=O)[O-])c(N(CCC)CCC)c([N+](=O)[O-])c2)cc1[N+](=O)[O-]. The van der Waals surface area contributed by atoms with Gasteiger partial charge in [-0.25, -0.2) is 0 Å². The summed E-state index contributed by atoms with van der Waals surface area (Å²) in [6, 6.07) is 4.89. The normalized spacial score (nSPS) is 10.8. The van der Waals surface area contributed by atoms with Crippen molar-refractivity contribution in [3.8, 4) is 0 Å². The van der Waals surface area contributed by atoms with Crippen molar-refractivity contribution in [3.05, 3.63) is 64.7 Å². The van der Waals surface area contributed by atoms with Crippen molar-refractivity contribution in [2.45, 2.75) is 63.2 Å². The molecule has 2 rings (SSSR count). The van der Waals surface area contributed by atoms with E-state index in [1.54, 1.807) is 9.80 Å². The summed E-state index contributed by atoms with van der Waals surface area (Å²) in [6.07, 6.45) is 2.51. The first-order valence-electron chi connectivity index (χ1n) is 12.8. The maximum absolute atomic E-state index is 12.0. The second-order valence-corrected chi connectivity index (χ2v) is 11.1. The number of rotatable bonds is 17. The number of nitrogens with zero attached hydrogens (tertiary/aromatic N) is 6. The first kappa shape index (κ1) is 32.6. The van der Waals surface area contributed by atoms with Crippen LogP contribution in [0.25, 0.3) is 0 Å². The summed E-state index contributed by atoms with van der Waals surface area (Å²) in [6.45, 7) is 9.05. The summed E-state index contributed by atoms with van der Waals surface area (Å²) < 4.78 is 0. The molecule has 40 heavy (non-hydrogen) atoms. The molecule has 0 atom stereocenters. The van der Waals surface area contributed by atoms with Crippen LogP contribution >= 0.6 is 21.6 Å². The summed E-state index contributed by atoms with van der Waals surface area (Å²) >= 11 is 0. The van der Waals surface area contributed by atoms with Crippen LogP contribution in [0.3, 0.4) is 0 Å². The van der Waals surface area contributed by atoms with Crippen LogP contribution in [-0.4, -0.2) is 45.9 Å². The molecular formula is C24H32N6O8S2. The van der Waals surface area contributed by atoms with Crippen molar-refractivity contribution in [1.29, 1.82) is 0 Å². The fourth-order valence-electron chi connectivity index (χ4n) is 4.31. The molecule has 0 aliphatic heterocycles. The standard InChI is InChI=1S/C24H32N6O8S2/c1-5-9-25(10-6-2)23-19(27(31)32)13-17(14-20(23)28(33)34)39-40-18-15-21(29(35)36)24(22(16-18)30(37)38)26(11-7-3)12-8-4/h13-16H,5-12H2,1-4H3. The highest BCUT2D eigenvalue weighted by atomic mass is 33.1. The molecule has 14 nitrogen and oxygen atoms in total. The van der Waals surface area contributed by atoms with E-state index in [-0.39, 0.29) is 21.2 Å². The van der Waals surface area contributed by atoms with Crippen LogP contribution in [-0.2, 0) is 0 Å². The second-order valence-electron chi connectivity index (χ2n) is 8.79. The number of hydrogen-bond donors (Lipinski definition) is 0. The van der Waals surface area contributed by atoms with Crippen molar-refractivity contribution < 1.29 is 19.7 Å². The van der Waals surface area contributed by atoms with Gasteiger partial charge in [-0.1, -0.05) is 49.3 Å². The quantitative estimate of drug-likeness (QED) is 0.101. The van der Waals surface area contributed by atoms with Gasteiger partial charge in [0.25, 0.3) is 0 Å². The molecule has 16 heteroatoms. The number of hydrogen-bond acceptors (Lipinski definition) is 12. The Morgan fingerprint density at radius 2 is 0.750 bits per heavy atom. The lowest BCUT2D eigenvalue weighted by Crippen LogP contribution is -2.26. The smallest absolute Gasteiger partial charge is 0.300 e. The minimum absolute atomic E-state index is 0.0735. The van der Waals surface area contributed by atoms with E-state index in [0.29, 0.717) is 51.9 Å². The lowest BCUT2D eigenvalue weighted by Gasteiger charge is -2.23. The summed E-state index contributed by atoms with van der Waals surface area (Å²) in [5.41, 5.74) is -1.86. The van der Waals surface area contributed by atoms with E-state index in [4.69, 9.17) is 0 Å². The van der Waals surface area contributed by atoms with Gasteiger partial charge < -0.3 is 9.80 Å². The van der Waals surface area contributed by atoms with E-state index in [2.05, 4.69) is 0 Å². The molecule has 0 radical (unpaired) electrons. The molecule has 0 fully saturated rings. The molecular weight excluding hydrogens is 564 g/mol. The van der Waals surface area contributed by atoms with Gasteiger partial charge in [-0.05, 0) is 25.7 Å². The molecule has 2 aromatic rings. The Bertz CT molecular complexity index is 1080. The van der Waals surface area contributed by atoms with Gasteiger partial charge >= 0.3 is 22.7 Å². The van der Waals surface area contributed by atoms with Crippen molar-refractivity contribution in [1.82, 2.24) is 0 Å². The number of anilines is 2. The molecule has 0 bridgehead atoms. The van der Waals surface area contributed by atoms with Gasteiger partial charge in [-0.15, -0.1) is 0 Å². The van der Waals surface area contributed by atoms with Crippen LogP contribution in [0.5, 0.6) is 0 Å². The Balaban J connectivity index is 2.60. The van der Waals surface area contributed by atoms with Crippen LogP contribution in [0, 0.1) is 40.5 Å².